The largest absolute Gasteiger partial charge is 0.452 e. The topological polar surface area (TPSA) is 137 Å². The van der Waals surface area contributed by atoms with Gasteiger partial charge in [0.05, 0.1) is 11.3 Å². The second kappa shape index (κ2) is 9.51. The van der Waals surface area contributed by atoms with E-state index < -0.39 is 34.6 Å². The third-order valence-electron chi connectivity index (χ3n) is 3.00. The van der Waals surface area contributed by atoms with E-state index >= 15 is 0 Å². The van der Waals surface area contributed by atoms with Crippen molar-refractivity contribution in [1.29, 1.82) is 0 Å². The number of rotatable bonds is 7. The molecule has 0 aliphatic carbocycles. The number of non-ortho nitro benzene ring substituents is 1. The van der Waals surface area contributed by atoms with Crippen molar-refractivity contribution >= 4 is 29.3 Å². The second-order valence-corrected chi connectivity index (χ2v) is 6.61. The van der Waals surface area contributed by atoms with Crippen LogP contribution in [0.3, 0.4) is 0 Å². The van der Waals surface area contributed by atoms with E-state index in [1.807, 2.05) is 0 Å². The first-order valence-electron chi connectivity index (χ1n) is 8.19. The predicted octanol–water partition coefficient (Wildman–Crippen LogP) is 2.38. The van der Waals surface area contributed by atoms with E-state index in [1.165, 1.54) is 31.2 Å². The van der Waals surface area contributed by atoms with Crippen LogP contribution in [0.1, 0.15) is 34.1 Å². The molecule has 0 aromatic heterocycles. The molecular weight excluding hydrogens is 358 g/mol. The standard InChI is InChI=1S/C17H23N3O7/c1-11(15(22)19-12-6-5-7-13(10-12)20(24)25)26-14(21)8-9-18-16(23)27-17(2,3)4/h5-7,10-11H,8-9H2,1-4H3,(H,18,23)(H,19,22). The smallest absolute Gasteiger partial charge is 0.407 e. The highest BCUT2D eigenvalue weighted by Crippen LogP contribution is 2.17. The molecule has 0 radical (unpaired) electrons. The van der Waals surface area contributed by atoms with E-state index in [0.717, 1.165) is 0 Å². The SMILES string of the molecule is CC(OC(=O)CCNC(=O)OC(C)(C)C)C(=O)Nc1cccc([N+](=O)[O-])c1. The highest BCUT2D eigenvalue weighted by atomic mass is 16.6. The summed E-state index contributed by atoms with van der Waals surface area (Å²) in [5.41, 5.74) is -0.613. The zero-order valence-electron chi connectivity index (χ0n) is 15.6. The van der Waals surface area contributed by atoms with Crippen LogP contribution < -0.4 is 10.6 Å². The maximum Gasteiger partial charge on any atom is 0.407 e. The van der Waals surface area contributed by atoms with E-state index in [0.29, 0.717) is 0 Å². The molecule has 0 aliphatic heterocycles. The number of nitro benzene ring substituents is 1. The van der Waals surface area contributed by atoms with E-state index in [4.69, 9.17) is 9.47 Å². The van der Waals surface area contributed by atoms with Crippen LogP contribution in [0.2, 0.25) is 0 Å². The first-order valence-corrected chi connectivity index (χ1v) is 8.19. The Hall–Kier alpha value is -3.17. The van der Waals surface area contributed by atoms with Crippen molar-refractivity contribution in [3.05, 3.63) is 34.4 Å². The molecule has 1 atom stereocenters. The van der Waals surface area contributed by atoms with Gasteiger partial charge in [-0.05, 0) is 33.8 Å². The Balaban J connectivity index is 2.42. The zero-order valence-corrected chi connectivity index (χ0v) is 15.6. The van der Waals surface area contributed by atoms with Crippen LogP contribution in [-0.4, -0.2) is 41.1 Å². The van der Waals surface area contributed by atoms with Crippen molar-refractivity contribution in [1.82, 2.24) is 5.32 Å². The van der Waals surface area contributed by atoms with Gasteiger partial charge in [-0.15, -0.1) is 0 Å². The van der Waals surface area contributed by atoms with E-state index in [2.05, 4.69) is 10.6 Å². The number of hydrogen-bond acceptors (Lipinski definition) is 7. The van der Waals surface area contributed by atoms with Crippen molar-refractivity contribution in [2.75, 3.05) is 11.9 Å². The second-order valence-electron chi connectivity index (χ2n) is 6.61. The van der Waals surface area contributed by atoms with Crippen LogP contribution in [0.15, 0.2) is 24.3 Å². The Kier molecular flexibility index (Phi) is 7.70. The number of benzene rings is 1. The molecule has 0 fully saturated rings. The van der Waals surface area contributed by atoms with Crippen molar-refractivity contribution < 1.29 is 28.8 Å². The van der Waals surface area contributed by atoms with Crippen LogP contribution in [0.25, 0.3) is 0 Å². The number of ether oxygens (including phenoxy) is 2. The monoisotopic (exact) mass is 381 g/mol. The Labute approximate surface area is 156 Å². The summed E-state index contributed by atoms with van der Waals surface area (Å²) in [7, 11) is 0. The minimum absolute atomic E-state index is 0.00698. The maximum absolute atomic E-state index is 12.0. The molecule has 10 heteroatoms. The first-order chi connectivity index (χ1) is 12.5. The summed E-state index contributed by atoms with van der Waals surface area (Å²) in [6, 6.07) is 5.38. The number of esters is 1. The molecule has 27 heavy (non-hydrogen) atoms. The molecule has 0 bridgehead atoms. The Morgan fingerprint density at radius 3 is 2.52 bits per heavy atom. The van der Waals surface area contributed by atoms with Crippen LogP contribution in [0.5, 0.6) is 0 Å². The van der Waals surface area contributed by atoms with Gasteiger partial charge in [0.1, 0.15) is 5.60 Å². The summed E-state index contributed by atoms with van der Waals surface area (Å²) in [6.45, 7) is 6.49. The highest BCUT2D eigenvalue weighted by Gasteiger charge is 2.20. The number of carbonyl (C=O) groups excluding carboxylic acids is 3. The van der Waals surface area contributed by atoms with Gasteiger partial charge in [-0.1, -0.05) is 6.07 Å². The Bertz CT molecular complexity index is 713. The fourth-order valence-electron chi connectivity index (χ4n) is 1.83. The van der Waals surface area contributed by atoms with E-state index in [9.17, 15) is 24.5 Å². The molecule has 2 N–H and O–H groups in total. The zero-order chi connectivity index (χ0) is 20.6. The molecule has 0 saturated heterocycles. The lowest BCUT2D eigenvalue weighted by Crippen LogP contribution is -2.35. The van der Waals surface area contributed by atoms with Crippen molar-refractivity contribution in [3.63, 3.8) is 0 Å². The average molecular weight is 381 g/mol. The van der Waals surface area contributed by atoms with E-state index in [1.54, 1.807) is 20.8 Å². The van der Waals surface area contributed by atoms with Gasteiger partial charge >= 0.3 is 12.1 Å². The summed E-state index contributed by atoms with van der Waals surface area (Å²) in [5, 5.41) is 15.6. The number of carbonyl (C=O) groups is 3. The fourth-order valence-corrected chi connectivity index (χ4v) is 1.83. The number of nitrogens with one attached hydrogen (secondary N) is 2. The summed E-state index contributed by atoms with van der Waals surface area (Å²) >= 11 is 0. The summed E-state index contributed by atoms with van der Waals surface area (Å²) in [6.07, 6.45) is -1.92. The number of nitro groups is 1. The van der Waals surface area contributed by atoms with Crippen LogP contribution in [0, 0.1) is 10.1 Å². The van der Waals surface area contributed by atoms with Gasteiger partial charge < -0.3 is 20.1 Å². The van der Waals surface area contributed by atoms with E-state index in [-0.39, 0.29) is 24.3 Å². The lowest BCUT2D eigenvalue weighted by atomic mass is 10.2. The van der Waals surface area contributed by atoms with Crippen LogP contribution in [0.4, 0.5) is 16.2 Å². The van der Waals surface area contributed by atoms with Gasteiger partial charge in [0.2, 0.25) is 0 Å². The summed E-state index contributed by atoms with van der Waals surface area (Å²) < 4.78 is 9.99. The molecule has 148 valence electrons. The highest BCUT2D eigenvalue weighted by molar-refractivity contribution is 5.95. The normalized spacial score (nSPS) is 11.9. The van der Waals surface area contributed by atoms with Crippen molar-refractivity contribution in [3.8, 4) is 0 Å². The molecule has 0 aliphatic rings. The molecule has 10 nitrogen and oxygen atoms in total. The van der Waals surface area contributed by atoms with Crippen LogP contribution >= 0.6 is 0 Å². The lowest BCUT2D eigenvalue weighted by Gasteiger charge is -2.19. The summed E-state index contributed by atoms with van der Waals surface area (Å²) in [4.78, 5) is 45.3. The molecule has 0 heterocycles. The van der Waals surface area contributed by atoms with Gasteiger partial charge in [0.15, 0.2) is 6.10 Å². The fraction of sp³-hybridized carbons (Fsp3) is 0.471. The minimum atomic E-state index is -1.11. The number of alkyl carbamates (subject to hydrolysis) is 1. The van der Waals surface area contributed by atoms with Gasteiger partial charge in [-0.3, -0.25) is 19.7 Å². The number of hydrogen-bond donors (Lipinski definition) is 2. The molecule has 1 rings (SSSR count). The molecule has 2 amide bonds. The van der Waals surface area contributed by atoms with Crippen molar-refractivity contribution in [2.24, 2.45) is 0 Å². The minimum Gasteiger partial charge on any atom is -0.452 e. The summed E-state index contributed by atoms with van der Waals surface area (Å²) in [5.74, 6) is -1.32. The number of nitrogens with zero attached hydrogens (tertiary/aromatic N) is 1. The van der Waals surface area contributed by atoms with Gasteiger partial charge in [0, 0.05) is 24.4 Å². The van der Waals surface area contributed by atoms with Gasteiger partial charge in [-0.25, -0.2) is 4.79 Å². The Morgan fingerprint density at radius 1 is 1.26 bits per heavy atom. The number of amides is 2. The first kappa shape index (κ1) is 21.9. The molecular formula is C17H23N3O7. The van der Waals surface area contributed by atoms with Crippen LogP contribution in [-0.2, 0) is 19.1 Å². The van der Waals surface area contributed by atoms with Crippen molar-refractivity contribution in [2.45, 2.75) is 45.8 Å². The molecule has 1 aromatic carbocycles. The quantitative estimate of drug-likeness (QED) is 0.420. The molecule has 0 spiro atoms. The van der Waals surface area contributed by atoms with Gasteiger partial charge in [0.25, 0.3) is 11.6 Å². The third-order valence-corrected chi connectivity index (χ3v) is 3.00. The molecule has 1 aromatic rings. The third kappa shape index (κ3) is 8.66. The Morgan fingerprint density at radius 2 is 1.93 bits per heavy atom. The lowest BCUT2D eigenvalue weighted by molar-refractivity contribution is -0.384. The predicted molar refractivity (Wildman–Crippen MR) is 96.1 cm³/mol. The molecule has 1 unspecified atom stereocenters. The molecule has 0 saturated carbocycles. The average Bonchev–Trinajstić information content (AvgIpc) is 2.53. The van der Waals surface area contributed by atoms with Gasteiger partial charge in [-0.2, -0.15) is 0 Å². The number of anilines is 1. The maximum atomic E-state index is 12.0.